The summed E-state index contributed by atoms with van der Waals surface area (Å²) in [5.74, 6) is 0. The van der Waals surface area contributed by atoms with Gasteiger partial charge in [0.1, 0.15) is 34.5 Å². The predicted octanol–water partition coefficient (Wildman–Crippen LogP) is 14.5. The highest BCUT2D eigenvalue weighted by atomic mass is 16.3. The summed E-state index contributed by atoms with van der Waals surface area (Å²) in [5, 5.41) is 28.2. The Morgan fingerprint density at radius 1 is 0.328 bits per heavy atom. The summed E-state index contributed by atoms with van der Waals surface area (Å²) < 4.78 is 13.2. The standard InChI is InChI=1S/C52H30N4O2/c53-31-35-11-7-9-17-47(35)55(39-13-3-1-4-14-39)41-21-19-33-25-43-45-29-52-46(30-51(45)57-49(43)27-37(33)23-41)44-26-34-20-22-42(24-38(34)28-50(44)58-52)56(40-15-5-2-6-16-40)48-18-10-8-12-36(48)32-54/h1-30H. The van der Waals surface area contributed by atoms with Crippen LogP contribution < -0.4 is 9.80 Å². The predicted molar refractivity (Wildman–Crippen MR) is 235 cm³/mol. The second-order valence-corrected chi connectivity index (χ2v) is 14.4. The van der Waals surface area contributed by atoms with E-state index in [0.717, 1.165) is 99.5 Å². The van der Waals surface area contributed by atoms with Gasteiger partial charge in [0.05, 0.1) is 22.5 Å². The second kappa shape index (κ2) is 13.2. The van der Waals surface area contributed by atoms with E-state index in [1.807, 2.05) is 84.9 Å². The quantitative estimate of drug-likeness (QED) is 0.169. The van der Waals surface area contributed by atoms with Crippen LogP contribution in [-0.2, 0) is 0 Å². The molecule has 2 heterocycles. The fourth-order valence-electron chi connectivity index (χ4n) is 8.32. The lowest BCUT2D eigenvalue weighted by atomic mass is 10.0. The number of hydrogen-bond donors (Lipinski definition) is 0. The van der Waals surface area contributed by atoms with E-state index in [2.05, 4.69) is 119 Å². The molecule has 0 amide bonds. The van der Waals surface area contributed by atoms with Crippen molar-refractivity contribution in [1.82, 2.24) is 0 Å². The highest BCUT2D eigenvalue weighted by Gasteiger charge is 2.20. The van der Waals surface area contributed by atoms with Crippen molar-refractivity contribution >= 4 is 99.5 Å². The van der Waals surface area contributed by atoms with E-state index in [4.69, 9.17) is 8.83 Å². The van der Waals surface area contributed by atoms with Crippen molar-refractivity contribution in [1.29, 1.82) is 10.5 Å². The Kier molecular flexibility index (Phi) is 7.50. The molecule has 0 bridgehead atoms. The first-order chi connectivity index (χ1) is 28.6. The average molecular weight is 743 g/mol. The zero-order valence-corrected chi connectivity index (χ0v) is 30.9. The Bertz CT molecular complexity index is 3270. The molecule has 0 radical (unpaired) electrons. The molecule has 0 aliphatic heterocycles. The molecule has 11 rings (SSSR count). The van der Waals surface area contributed by atoms with Crippen LogP contribution in [0.15, 0.2) is 191 Å². The van der Waals surface area contributed by atoms with Crippen molar-refractivity contribution in [3.05, 3.63) is 193 Å². The van der Waals surface area contributed by atoms with Crippen molar-refractivity contribution in [2.45, 2.75) is 0 Å². The number of fused-ring (bicyclic) bond motifs is 8. The molecule has 11 aromatic rings. The number of hydrogen-bond acceptors (Lipinski definition) is 6. The van der Waals surface area contributed by atoms with E-state index in [0.29, 0.717) is 11.1 Å². The summed E-state index contributed by atoms with van der Waals surface area (Å²) in [6, 6.07) is 65.9. The number of nitrogens with zero attached hydrogens (tertiary/aromatic N) is 4. The Balaban J connectivity index is 1.01. The summed E-state index contributed by atoms with van der Waals surface area (Å²) in [7, 11) is 0. The van der Waals surface area contributed by atoms with Crippen LogP contribution in [-0.4, -0.2) is 0 Å². The van der Waals surface area contributed by atoms with Crippen LogP contribution in [0.1, 0.15) is 11.1 Å². The van der Waals surface area contributed by atoms with E-state index < -0.39 is 0 Å². The maximum atomic E-state index is 9.99. The SMILES string of the molecule is N#Cc1ccccc1N(c1ccccc1)c1ccc2cc3c(cc2c1)oc1cc2c(cc13)oc1cc3cc(N(c4ccccc4)c4ccccc4C#N)ccc3cc12. The third kappa shape index (κ3) is 5.33. The molecule has 6 heteroatoms. The maximum Gasteiger partial charge on any atom is 0.136 e. The van der Waals surface area contributed by atoms with Gasteiger partial charge in [-0.15, -0.1) is 0 Å². The zero-order chi connectivity index (χ0) is 38.7. The smallest absolute Gasteiger partial charge is 0.136 e. The van der Waals surface area contributed by atoms with Crippen LogP contribution >= 0.6 is 0 Å². The summed E-state index contributed by atoms with van der Waals surface area (Å²) in [6.07, 6.45) is 0. The Morgan fingerprint density at radius 2 is 0.707 bits per heavy atom. The molecular formula is C52H30N4O2. The van der Waals surface area contributed by atoms with Crippen molar-refractivity contribution in [2.24, 2.45) is 0 Å². The fraction of sp³-hybridized carbons (Fsp3) is 0. The lowest BCUT2D eigenvalue weighted by molar-refractivity contribution is 0.664. The number of para-hydroxylation sites is 4. The number of furan rings is 2. The molecule has 58 heavy (non-hydrogen) atoms. The third-order valence-corrected chi connectivity index (χ3v) is 11.0. The first-order valence-electron chi connectivity index (χ1n) is 19.0. The highest BCUT2D eigenvalue weighted by Crippen LogP contribution is 2.43. The van der Waals surface area contributed by atoms with E-state index in [1.54, 1.807) is 0 Å². The molecule has 0 fully saturated rings. The van der Waals surface area contributed by atoms with Gasteiger partial charge in [0.15, 0.2) is 0 Å². The number of nitriles is 2. The van der Waals surface area contributed by atoms with Gasteiger partial charge in [0.2, 0.25) is 0 Å². The van der Waals surface area contributed by atoms with Crippen molar-refractivity contribution in [2.75, 3.05) is 9.80 Å². The van der Waals surface area contributed by atoms with E-state index in [-0.39, 0.29) is 0 Å². The van der Waals surface area contributed by atoms with E-state index in [1.165, 1.54) is 0 Å². The minimum Gasteiger partial charge on any atom is -0.456 e. The van der Waals surface area contributed by atoms with Crippen LogP contribution in [0, 0.1) is 22.7 Å². The van der Waals surface area contributed by atoms with Gasteiger partial charge >= 0.3 is 0 Å². The third-order valence-electron chi connectivity index (χ3n) is 11.0. The Labute approximate surface area is 332 Å². The highest BCUT2D eigenvalue weighted by molar-refractivity contribution is 6.18. The number of anilines is 6. The largest absolute Gasteiger partial charge is 0.456 e. The van der Waals surface area contributed by atoms with Gasteiger partial charge in [-0.05, 0) is 131 Å². The molecule has 0 N–H and O–H groups in total. The molecule has 2 aromatic heterocycles. The number of rotatable bonds is 6. The summed E-state index contributed by atoms with van der Waals surface area (Å²) in [4.78, 5) is 4.25. The lowest BCUT2D eigenvalue weighted by Gasteiger charge is -2.26. The van der Waals surface area contributed by atoms with Gasteiger partial charge in [-0.2, -0.15) is 10.5 Å². The molecule has 0 spiro atoms. The Morgan fingerprint density at radius 3 is 1.14 bits per heavy atom. The van der Waals surface area contributed by atoms with Gasteiger partial charge < -0.3 is 18.6 Å². The molecule has 0 saturated heterocycles. The van der Waals surface area contributed by atoms with Crippen molar-refractivity contribution < 1.29 is 8.83 Å². The molecule has 0 unspecified atom stereocenters. The molecule has 270 valence electrons. The van der Waals surface area contributed by atoms with Crippen molar-refractivity contribution in [3.8, 4) is 12.1 Å². The van der Waals surface area contributed by atoms with Crippen LogP contribution in [0.25, 0.3) is 65.4 Å². The summed E-state index contributed by atoms with van der Waals surface area (Å²) in [6.45, 7) is 0. The zero-order valence-electron chi connectivity index (χ0n) is 30.9. The van der Waals surface area contributed by atoms with Crippen LogP contribution in [0.2, 0.25) is 0 Å². The normalized spacial score (nSPS) is 11.4. The average Bonchev–Trinajstić information content (AvgIpc) is 3.80. The number of benzene rings is 9. The first-order valence-corrected chi connectivity index (χ1v) is 19.0. The summed E-state index contributed by atoms with van der Waals surface area (Å²) >= 11 is 0. The van der Waals surface area contributed by atoms with Gasteiger partial charge in [0, 0.05) is 44.3 Å². The van der Waals surface area contributed by atoms with Crippen LogP contribution in [0.5, 0.6) is 0 Å². The van der Waals surface area contributed by atoms with Gasteiger partial charge in [-0.25, -0.2) is 0 Å². The molecule has 9 aromatic carbocycles. The molecule has 6 nitrogen and oxygen atoms in total. The maximum absolute atomic E-state index is 9.99. The van der Waals surface area contributed by atoms with E-state index in [9.17, 15) is 10.5 Å². The monoisotopic (exact) mass is 742 g/mol. The molecule has 0 atom stereocenters. The van der Waals surface area contributed by atoms with Crippen molar-refractivity contribution in [3.63, 3.8) is 0 Å². The lowest BCUT2D eigenvalue weighted by Crippen LogP contribution is -2.11. The fourth-order valence-corrected chi connectivity index (χ4v) is 8.32. The minimum absolute atomic E-state index is 0.599. The summed E-state index contributed by atoms with van der Waals surface area (Å²) in [5.41, 5.74) is 9.82. The van der Waals surface area contributed by atoms with Gasteiger partial charge in [-0.1, -0.05) is 72.8 Å². The molecule has 0 aliphatic carbocycles. The first kappa shape index (κ1) is 33.1. The Hall–Kier alpha value is -8.32. The molecule has 0 saturated carbocycles. The minimum atomic E-state index is 0.599. The van der Waals surface area contributed by atoms with Gasteiger partial charge in [0.25, 0.3) is 0 Å². The topological polar surface area (TPSA) is 80.3 Å². The molecular weight excluding hydrogens is 713 g/mol. The second-order valence-electron chi connectivity index (χ2n) is 14.4. The molecule has 0 aliphatic rings. The van der Waals surface area contributed by atoms with Crippen LogP contribution in [0.4, 0.5) is 34.1 Å². The van der Waals surface area contributed by atoms with E-state index >= 15 is 0 Å². The van der Waals surface area contributed by atoms with Crippen LogP contribution in [0.3, 0.4) is 0 Å². The van der Waals surface area contributed by atoms with Gasteiger partial charge in [-0.3, -0.25) is 0 Å².